The molecule has 7 nitrogen and oxygen atoms in total. The number of urea groups is 1. The summed E-state index contributed by atoms with van der Waals surface area (Å²) < 4.78 is 52.1. The molecule has 3 rings (SSSR count). The molecule has 2 heterocycles. The van der Waals surface area contributed by atoms with Gasteiger partial charge in [-0.2, -0.15) is 13.2 Å². The summed E-state index contributed by atoms with van der Waals surface area (Å²) in [7, 11) is 0. The number of amides is 2. The molecule has 1 aliphatic heterocycles. The fourth-order valence-corrected chi connectivity index (χ4v) is 3.40. The number of aromatic nitrogens is 2. The molecule has 0 fully saturated rings. The molecular formula is C21H25F4N5O2. The van der Waals surface area contributed by atoms with Gasteiger partial charge >= 0.3 is 12.2 Å². The number of halogens is 4. The third-order valence-corrected chi connectivity index (χ3v) is 5.42. The smallest absolute Gasteiger partial charge is 0.394 e. The van der Waals surface area contributed by atoms with E-state index in [1.54, 1.807) is 13.1 Å². The highest BCUT2D eigenvalue weighted by molar-refractivity contribution is 5.75. The number of hydrogen-bond acceptors (Lipinski definition) is 5. The minimum atomic E-state index is -4.78. The van der Waals surface area contributed by atoms with Gasteiger partial charge in [0.15, 0.2) is 0 Å². The molecule has 0 bridgehead atoms. The predicted molar refractivity (Wildman–Crippen MR) is 109 cm³/mol. The van der Waals surface area contributed by atoms with E-state index in [0.29, 0.717) is 37.1 Å². The van der Waals surface area contributed by atoms with Crippen molar-refractivity contribution in [3.8, 4) is 0 Å². The van der Waals surface area contributed by atoms with Gasteiger partial charge in [0, 0.05) is 12.7 Å². The SMILES string of the molecule is CCC(CO)Nc1ncc2c(n1)CN(C(=O)NC(C)c1ccc(C(F)(F)F)c(F)c1)CC2. The number of carbonyl (C=O) groups excluding carboxylic acids is 1. The number of aliphatic hydroxyl groups excluding tert-OH is 1. The number of fused-ring (bicyclic) bond motifs is 1. The van der Waals surface area contributed by atoms with Crippen LogP contribution in [0.25, 0.3) is 0 Å². The summed E-state index contributed by atoms with van der Waals surface area (Å²) in [6, 6.07) is 1.30. The molecule has 11 heteroatoms. The number of nitrogens with one attached hydrogen (secondary N) is 2. The van der Waals surface area contributed by atoms with Gasteiger partial charge in [-0.05, 0) is 43.0 Å². The van der Waals surface area contributed by atoms with Gasteiger partial charge in [-0.25, -0.2) is 19.2 Å². The van der Waals surface area contributed by atoms with Crippen LogP contribution in [0.15, 0.2) is 24.4 Å². The lowest BCUT2D eigenvalue weighted by Crippen LogP contribution is -2.44. The summed E-state index contributed by atoms with van der Waals surface area (Å²) in [5.41, 5.74) is 0.465. The van der Waals surface area contributed by atoms with Crippen LogP contribution >= 0.6 is 0 Å². The van der Waals surface area contributed by atoms with Crippen LogP contribution in [0.2, 0.25) is 0 Å². The molecule has 1 aromatic heterocycles. The van der Waals surface area contributed by atoms with Crippen LogP contribution in [0.3, 0.4) is 0 Å². The van der Waals surface area contributed by atoms with Gasteiger partial charge in [-0.3, -0.25) is 0 Å². The third-order valence-electron chi connectivity index (χ3n) is 5.42. The Morgan fingerprint density at radius 3 is 2.72 bits per heavy atom. The molecule has 32 heavy (non-hydrogen) atoms. The summed E-state index contributed by atoms with van der Waals surface area (Å²) in [5.74, 6) is -1.02. The van der Waals surface area contributed by atoms with Crippen molar-refractivity contribution in [2.45, 2.75) is 51.5 Å². The van der Waals surface area contributed by atoms with Gasteiger partial charge in [-0.15, -0.1) is 0 Å². The Labute approximate surface area is 182 Å². The summed E-state index contributed by atoms with van der Waals surface area (Å²) in [6.07, 6.45) is -1.85. The lowest BCUT2D eigenvalue weighted by molar-refractivity contribution is -0.140. The van der Waals surface area contributed by atoms with E-state index in [9.17, 15) is 27.5 Å². The maximum Gasteiger partial charge on any atom is 0.419 e. The number of nitrogens with zero attached hydrogens (tertiary/aromatic N) is 3. The third kappa shape index (κ3) is 5.45. The molecule has 174 valence electrons. The second-order valence-electron chi connectivity index (χ2n) is 7.68. The molecule has 3 N–H and O–H groups in total. The van der Waals surface area contributed by atoms with Crippen molar-refractivity contribution in [3.63, 3.8) is 0 Å². The van der Waals surface area contributed by atoms with Crippen LogP contribution in [0.1, 0.15) is 48.7 Å². The maximum atomic E-state index is 13.9. The first-order valence-corrected chi connectivity index (χ1v) is 10.3. The van der Waals surface area contributed by atoms with Crippen LogP contribution in [0, 0.1) is 5.82 Å². The van der Waals surface area contributed by atoms with Gasteiger partial charge in [0.25, 0.3) is 0 Å². The summed E-state index contributed by atoms with van der Waals surface area (Å²) in [5, 5.41) is 15.1. The molecular weight excluding hydrogens is 430 g/mol. The van der Waals surface area contributed by atoms with Crippen molar-refractivity contribution in [1.29, 1.82) is 0 Å². The standard InChI is InChI=1S/C21H25F4N5O2/c1-3-15(11-31)28-19-26-9-14-6-7-30(10-18(14)29-19)20(32)27-12(2)13-4-5-16(17(22)8-13)21(23,24)25/h4-5,8-9,12,15,31H,3,6-7,10-11H2,1-2H3,(H,27,32)(H,26,28,29). The number of rotatable bonds is 6. The van der Waals surface area contributed by atoms with Crippen molar-refractivity contribution < 1.29 is 27.5 Å². The van der Waals surface area contributed by atoms with E-state index in [1.807, 2.05) is 6.92 Å². The van der Waals surface area contributed by atoms with Gasteiger partial charge < -0.3 is 20.6 Å². The number of benzene rings is 1. The van der Waals surface area contributed by atoms with Crippen molar-refractivity contribution in [3.05, 3.63) is 52.6 Å². The minimum Gasteiger partial charge on any atom is -0.394 e. The lowest BCUT2D eigenvalue weighted by atomic mass is 10.0. The topological polar surface area (TPSA) is 90.4 Å². The second-order valence-corrected chi connectivity index (χ2v) is 7.68. The summed E-state index contributed by atoms with van der Waals surface area (Å²) >= 11 is 0. The van der Waals surface area contributed by atoms with Gasteiger partial charge in [0.05, 0.1) is 36.5 Å². The fourth-order valence-electron chi connectivity index (χ4n) is 3.40. The van der Waals surface area contributed by atoms with Crippen molar-refractivity contribution in [2.24, 2.45) is 0 Å². The van der Waals surface area contributed by atoms with E-state index < -0.39 is 29.6 Å². The van der Waals surface area contributed by atoms with Gasteiger partial charge in [0.1, 0.15) is 5.82 Å². The minimum absolute atomic E-state index is 0.0616. The van der Waals surface area contributed by atoms with Crippen LogP contribution < -0.4 is 10.6 Å². The molecule has 0 saturated heterocycles. The lowest BCUT2D eigenvalue weighted by Gasteiger charge is -2.30. The fraction of sp³-hybridized carbons (Fsp3) is 0.476. The molecule has 2 unspecified atom stereocenters. The van der Waals surface area contributed by atoms with E-state index in [0.717, 1.165) is 17.7 Å². The van der Waals surface area contributed by atoms with Crippen LogP contribution in [-0.4, -0.2) is 45.2 Å². The molecule has 2 aromatic rings. The normalized spacial score (nSPS) is 15.7. The Kier molecular flexibility index (Phi) is 7.17. The average Bonchev–Trinajstić information content (AvgIpc) is 2.75. The van der Waals surface area contributed by atoms with E-state index >= 15 is 0 Å². The second kappa shape index (κ2) is 9.68. The van der Waals surface area contributed by atoms with E-state index in [2.05, 4.69) is 20.6 Å². The zero-order chi connectivity index (χ0) is 23.5. The molecule has 2 atom stereocenters. The molecule has 0 aliphatic carbocycles. The Bertz CT molecular complexity index is 966. The van der Waals surface area contributed by atoms with Crippen LogP contribution in [0.5, 0.6) is 0 Å². The monoisotopic (exact) mass is 455 g/mol. The Morgan fingerprint density at radius 1 is 1.34 bits per heavy atom. The maximum absolute atomic E-state index is 13.9. The first kappa shape index (κ1) is 23.7. The number of hydrogen-bond donors (Lipinski definition) is 3. The molecule has 0 spiro atoms. The number of alkyl halides is 3. The van der Waals surface area contributed by atoms with Crippen LogP contribution in [0.4, 0.5) is 28.3 Å². The Morgan fingerprint density at radius 2 is 2.09 bits per heavy atom. The first-order chi connectivity index (χ1) is 15.1. The molecule has 1 aromatic carbocycles. The summed E-state index contributed by atoms with van der Waals surface area (Å²) in [4.78, 5) is 22.9. The zero-order valence-corrected chi connectivity index (χ0v) is 17.7. The van der Waals surface area contributed by atoms with Gasteiger partial charge in [-0.1, -0.05) is 13.0 Å². The Balaban J connectivity index is 1.66. The Hall–Kier alpha value is -2.95. The van der Waals surface area contributed by atoms with Crippen molar-refractivity contribution in [2.75, 3.05) is 18.5 Å². The predicted octanol–water partition coefficient (Wildman–Crippen LogP) is 3.65. The van der Waals surface area contributed by atoms with Crippen molar-refractivity contribution >= 4 is 12.0 Å². The van der Waals surface area contributed by atoms with E-state index in [4.69, 9.17) is 0 Å². The summed E-state index contributed by atoms with van der Waals surface area (Å²) in [6.45, 7) is 4.07. The highest BCUT2D eigenvalue weighted by Gasteiger charge is 2.34. The number of carbonyl (C=O) groups is 1. The van der Waals surface area contributed by atoms with E-state index in [-0.39, 0.29) is 24.8 Å². The highest BCUT2D eigenvalue weighted by Crippen LogP contribution is 2.32. The zero-order valence-electron chi connectivity index (χ0n) is 17.7. The molecule has 2 amide bonds. The average molecular weight is 455 g/mol. The first-order valence-electron chi connectivity index (χ1n) is 10.3. The molecule has 1 aliphatic rings. The van der Waals surface area contributed by atoms with Crippen molar-refractivity contribution in [1.82, 2.24) is 20.2 Å². The van der Waals surface area contributed by atoms with Gasteiger partial charge in [0.2, 0.25) is 5.95 Å². The number of aliphatic hydroxyl groups is 1. The number of anilines is 1. The van der Waals surface area contributed by atoms with Crippen LogP contribution in [-0.2, 0) is 19.1 Å². The van der Waals surface area contributed by atoms with E-state index in [1.165, 1.54) is 4.90 Å². The molecule has 0 radical (unpaired) electrons. The quantitative estimate of drug-likeness (QED) is 0.579. The molecule has 0 saturated carbocycles. The largest absolute Gasteiger partial charge is 0.419 e. The highest BCUT2D eigenvalue weighted by atomic mass is 19.4.